The van der Waals surface area contributed by atoms with Crippen LogP contribution in [0.4, 0.5) is 0 Å². The third-order valence-corrected chi connectivity index (χ3v) is 7.53. The number of rotatable bonds is 11. The fraction of sp³-hybridized carbons (Fsp3) is 0.643. The van der Waals surface area contributed by atoms with Gasteiger partial charge in [-0.15, -0.1) is 13.2 Å². The lowest BCUT2D eigenvalue weighted by Gasteiger charge is -2.38. The van der Waals surface area contributed by atoms with Crippen LogP contribution in [0.25, 0.3) is 0 Å². The van der Waals surface area contributed by atoms with E-state index in [1.807, 2.05) is 6.08 Å². The molecule has 29 heavy (non-hydrogen) atoms. The van der Waals surface area contributed by atoms with E-state index in [4.69, 9.17) is 4.74 Å². The summed E-state index contributed by atoms with van der Waals surface area (Å²) in [5.41, 5.74) is 2.85. The Morgan fingerprint density at radius 2 is 1.41 bits per heavy atom. The van der Waals surface area contributed by atoms with Gasteiger partial charge in [0.05, 0.1) is 6.61 Å². The van der Waals surface area contributed by atoms with Crippen LogP contribution >= 0.6 is 0 Å². The van der Waals surface area contributed by atoms with Gasteiger partial charge in [-0.25, -0.2) is 0 Å². The van der Waals surface area contributed by atoms with E-state index in [9.17, 15) is 0 Å². The van der Waals surface area contributed by atoms with Crippen molar-refractivity contribution >= 4 is 0 Å². The maximum absolute atomic E-state index is 5.76. The van der Waals surface area contributed by atoms with E-state index >= 15 is 0 Å². The van der Waals surface area contributed by atoms with Gasteiger partial charge in [0.15, 0.2) is 0 Å². The van der Waals surface area contributed by atoms with Crippen LogP contribution in [-0.2, 0) is 11.3 Å². The van der Waals surface area contributed by atoms with Crippen molar-refractivity contribution in [3.63, 3.8) is 0 Å². The summed E-state index contributed by atoms with van der Waals surface area (Å²) >= 11 is 0. The quantitative estimate of drug-likeness (QED) is 0.271. The summed E-state index contributed by atoms with van der Waals surface area (Å²) in [7, 11) is 0. The molecule has 2 aliphatic rings. The van der Waals surface area contributed by atoms with Gasteiger partial charge in [-0.1, -0.05) is 49.3 Å². The van der Waals surface area contributed by atoms with E-state index < -0.39 is 0 Å². The summed E-state index contributed by atoms with van der Waals surface area (Å²) in [6.45, 7) is 9.20. The zero-order valence-corrected chi connectivity index (χ0v) is 18.5. The maximum atomic E-state index is 5.76. The molecular weight excluding hydrogens is 352 g/mol. The topological polar surface area (TPSA) is 9.23 Å². The second kappa shape index (κ2) is 12.4. The summed E-state index contributed by atoms with van der Waals surface area (Å²) < 4.78 is 5.76. The predicted octanol–water partition coefficient (Wildman–Crippen LogP) is 8.22. The van der Waals surface area contributed by atoms with Gasteiger partial charge in [0.1, 0.15) is 0 Å². The van der Waals surface area contributed by atoms with E-state index in [2.05, 4.69) is 43.5 Å². The van der Waals surface area contributed by atoms with Crippen molar-refractivity contribution in [2.24, 2.45) is 17.8 Å². The average molecular weight is 395 g/mol. The normalized spacial score (nSPS) is 27.4. The fourth-order valence-corrected chi connectivity index (χ4v) is 5.63. The maximum Gasteiger partial charge on any atom is 0.0716 e. The Kier molecular flexibility index (Phi) is 9.54. The van der Waals surface area contributed by atoms with Crippen molar-refractivity contribution in [3.8, 4) is 0 Å². The van der Waals surface area contributed by atoms with Crippen LogP contribution in [0.5, 0.6) is 0 Å². The van der Waals surface area contributed by atoms with Gasteiger partial charge in [0.25, 0.3) is 0 Å². The molecule has 1 nitrogen and oxygen atoms in total. The standard InChI is InChI=1S/C28H42O/c1-3-5-7-21-29-22-24-11-15-26(16-12-24)28-19-17-27(18-20-28)25-13-9-23(10-14-25)8-6-4-2/h3-4,11-12,15-16,23,25,27-28H,1-2,5-10,13-14,17-22H2/t23-,25-,27?,28?. The fourth-order valence-electron chi connectivity index (χ4n) is 5.63. The highest BCUT2D eigenvalue weighted by molar-refractivity contribution is 5.25. The van der Waals surface area contributed by atoms with E-state index in [-0.39, 0.29) is 0 Å². The molecule has 0 spiro atoms. The minimum Gasteiger partial charge on any atom is -0.377 e. The second-order valence-corrected chi connectivity index (χ2v) is 9.48. The Morgan fingerprint density at radius 1 is 0.793 bits per heavy atom. The molecule has 0 atom stereocenters. The highest BCUT2D eigenvalue weighted by Crippen LogP contribution is 2.44. The number of hydrogen-bond donors (Lipinski definition) is 0. The molecule has 1 heteroatoms. The second-order valence-electron chi connectivity index (χ2n) is 9.48. The van der Waals surface area contributed by atoms with Gasteiger partial charge in [0.2, 0.25) is 0 Å². The van der Waals surface area contributed by atoms with Crippen molar-refractivity contribution in [1.82, 2.24) is 0 Å². The SMILES string of the molecule is C=CCCCOCc1ccc(C2CCC([C@H]3CC[C@H](CCC=C)CC3)CC2)cc1. The van der Waals surface area contributed by atoms with E-state index in [1.54, 1.807) is 5.56 Å². The number of hydrogen-bond acceptors (Lipinski definition) is 1. The van der Waals surface area contributed by atoms with Crippen molar-refractivity contribution in [1.29, 1.82) is 0 Å². The predicted molar refractivity (Wildman–Crippen MR) is 125 cm³/mol. The van der Waals surface area contributed by atoms with Crippen LogP contribution in [0.2, 0.25) is 0 Å². The average Bonchev–Trinajstić information content (AvgIpc) is 2.78. The zero-order chi connectivity index (χ0) is 20.3. The Morgan fingerprint density at radius 3 is 2.03 bits per heavy atom. The molecule has 0 radical (unpaired) electrons. The molecule has 0 aromatic heterocycles. The van der Waals surface area contributed by atoms with Crippen molar-refractivity contribution in [2.45, 2.75) is 89.6 Å². The molecular formula is C28H42O. The van der Waals surface area contributed by atoms with E-state index in [1.165, 1.54) is 69.8 Å². The van der Waals surface area contributed by atoms with Gasteiger partial charge < -0.3 is 4.74 Å². The number of allylic oxidation sites excluding steroid dienone is 2. The minimum absolute atomic E-state index is 0.736. The Bertz CT molecular complexity index is 585. The van der Waals surface area contributed by atoms with Crippen molar-refractivity contribution in [3.05, 3.63) is 60.7 Å². The number of benzene rings is 1. The molecule has 2 saturated carbocycles. The van der Waals surface area contributed by atoms with Gasteiger partial charge in [-0.05, 0) is 99.0 Å². The number of unbranched alkanes of at least 4 members (excludes halogenated alkanes) is 1. The van der Waals surface area contributed by atoms with Gasteiger partial charge >= 0.3 is 0 Å². The van der Waals surface area contributed by atoms with Crippen LogP contribution < -0.4 is 0 Å². The first kappa shape index (κ1) is 22.3. The molecule has 2 aliphatic carbocycles. The molecule has 0 N–H and O–H groups in total. The molecule has 160 valence electrons. The third kappa shape index (κ3) is 7.14. The van der Waals surface area contributed by atoms with E-state index in [0.29, 0.717) is 0 Å². The Labute approximate surface area is 179 Å². The van der Waals surface area contributed by atoms with E-state index in [0.717, 1.165) is 49.7 Å². The molecule has 2 fully saturated rings. The molecule has 0 bridgehead atoms. The molecule has 0 saturated heterocycles. The lowest BCUT2D eigenvalue weighted by Crippen LogP contribution is -2.25. The first-order valence-corrected chi connectivity index (χ1v) is 12.2. The molecule has 1 aromatic rings. The minimum atomic E-state index is 0.736. The van der Waals surface area contributed by atoms with Gasteiger partial charge in [-0.2, -0.15) is 0 Å². The molecule has 0 unspecified atom stereocenters. The summed E-state index contributed by atoms with van der Waals surface area (Å²) in [5, 5.41) is 0. The van der Waals surface area contributed by atoms with Crippen molar-refractivity contribution < 1.29 is 4.74 Å². The van der Waals surface area contributed by atoms with Crippen LogP contribution in [0, 0.1) is 17.8 Å². The summed E-state index contributed by atoms with van der Waals surface area (Å²) in [4.78, 5) is 0. The van der Waals surface area contributed by atoms with Crippen LogP contribution in [0.3, 0.4) is 0 Å². The smallest absolute Gasteiger partial charge is 0.0716 e. The van der Waals surface area contributed by atoms with Crippen molar-refractivity contribution in [2.75, 3.05) is 6.61 Å². The molecule has 1 aromatic carbocycles. The summed E-state index contributed by atoms with van der Waals surface area (Å²) in [6, 6.07) is 9.27. The molecule has 3 rings (SSSR count). The van der Waals surface area contributed by atoms with Crippen LogP contribution in [0.1, 0.15) is 94.1 Å². The summed E-state index contributed by atoms with van der Waals surface area (Å²) in [5.74, 6) is 3.76. The summed E-state index contributed by atoms with van der Waals surface area (Å²) in [6.07, 6.45) is 20.3. The van der Waals surface area contributed by atoms with Gasteiger partial charge in [-0.3, -0.25) is 0 Å². The third-order valence-electron chi connectivity index (χ3n) is 7.53. The molecule has 0 heterocycles. The Hall–Kier alpha value is -1.34. The zero-order valence-electron chi connectivity index (χ0n) is 18.5. The number of ether oxygens (including phenoxy) is 1. The monoisotopic (exact) mass is 394 g/mol. The van der Waals surface area contributed by atoms with Gasteiger partial charge in [0, 0.05) is 6.61 Å². The largest absolute Gasteiger partial charge is 0.377 e. The highest BCUT2D eigenvalue weighted by atomic mass is 16.5. The highest BCUT2D eigenvalue weighted by Gasteiger charge is 2.31. The first-order chi connectivity index (χ1) is 14.3. The van der Waals surface area contributed by atoms with Crippen LogP contribution in [0.15, 0.2) is 49.6 Å². The van der Waals surface area contributed by atoms with Crippen LogP contribution in [-0.4, -0.2) is 6.61 Å². The first-order valence-electron chi connectivity index (χ1n) is 12.2. The molecule has 0 amide bonds. The Balaban J connectivity index is 1.37. The lowest BCUT2D eigenvalue weighted by molar-refractivity contribution is 0.119. The molecule has 0 aliphatic heterocycles. The lowest BCUT2D eigenvalue weighted by atomic mass is 9.68.